The maximum atomic E-state index is 12.4. The van der Waals surface area contributed by atoms with Gasteiger partial charge >= 0.3 is 0 Å². The highest BCUT2D eigenvalue weighted by Crippen LogP contribution is 2.10. The van der Waals surface area contributed by atoms with Crippen molar-refractivity contribution < 1.29 is 9.21 Å². The molecule has 2 aromatic heterocycles. The summed E-state index contributed by atoms with van der Waals surface area (Å²) in [5, 5.41) is 7.98. The van der Waals surface area contributed by atoms with Crippen LogP contribution >= 0.6 is 0 Å². The lowest BCUT2D eigenvalue weighted by molar-refractivity contribution is 0.0657. The first-order valence-electron chi connectivity index (χ1n) is 9.63. The predicted molar refractivity (Wildman–Crippen MR) is 110 cm³/mol. The molecule has 1 amide bonds. The lowest BCUT2D eigenvalue weighted by Gasteiger charge is -2.36. The molecule has 3 heterocycles. The Morgan fingerprint density at radius 2 is 1.83 bits per heavy atom. The number of carbonyl (C=O) groups is 1. The summed E-state index contributed by atoms with van der Waals surface area (Å²) in [6, 6.07) is 15.4. The van der Waals surface area contributed by atoms with Crippen LogP contribution < -0.4 is 5.32 Å². The molecule has 8 heteroatoms. The summed E-state index contributed by atoms with van der Waals surface area (Å²) in [6.45, 7) is 3.26. The Morgan fingerprint density at radius 3 is 2.52 bits per heavy atom. The van der Waals surface area contributed by atoms with E-state index in [1.807, 2.05) is 52.2 Å². The average molecular weight is 392 g/mol. The molecule has 1 N–H and O–H groups in total. The molecule has 0 bridgehead atoms. The van der Waals surface area contributed by atoms with Gasteiger partial charge in [0.1, 0.15) is 0 Å². The minimum absolute atomic E-state index is 0.0657. The van der Waals surface area contributed by atoms with E-state index in [-0.39, 0.29) is 5.91 Å². The molecule has 3 aromatic rings. The van der Waals surface area contributed by atoms with Gasteiger partial charge in [0, 0.05) is 39.4 Å². The number of para-hydroxylation sites is 1. The number of furan rings is 1. The number of amides is 1. The largest absolute Gasteiger partial charge is 0.459 e. The fourth-order valence-corrected chi connectivity index (χ4v) is 3.36. The second-order valence-electron chi connectivity index (χ2n) is 6.74. The highest BCUT2D eigenvalue weighted by molar-refractivity contribution is 5.91. The molecule has 4 rings (SSSR count). The molecule has 1 fully saturated rings. The molecular formula is C21H24N6O2. The molecule has 0 atom stereocenters. The van der Waals surface area contributed by atoms with Crippen molar-refractivity contribution >= 4 is 11.9 Å². The average Bonchev–Trinajstić information content (AvgIpc) is 3.47. The van der Waals surface area contributed by atoms with Crippen molar-refractivity contribution in [2.75, 3.05) is 33.2 Å². The van der Waals surface area contributed by atoms with Gasteiger partial charge < -0.3 is 19.5 Å². The van der Waals surface area contributed by atoms with Crippen LogP contribution in [0.2, 0.25) is 0 Å². The molecule has 0 unspecified atom stereocenters. The number of aromatic nitrogens is 2. The number of nitrogens with zero attached hydrogens (tertiary/aromatic N) is 5. The summed E-state index contributed by atoms with van der Waals surface area (Å²) in [5.74, 6) is 1.13. The van der Waals surface area contributed by atoms with E-state index in [9.17, 15) is 4.79 Å². The van der Waals surface area contributed by atoms with Crippen molar-refractivity contribution in [3.05, 3.63) is 72.4 Å². The Hall–Kier alpha value is -3.55. The molecule has 0 aliphatic carbocycles. The number of hydrogen-bond donors (Lipinski definition) is 1. The summed E-state index contributed by atoms with van der Waals surface area (Å²) in [7, 11) is 1.77. The predicted octanol–water partition coefficient (Wildman–Crippen LogP) is 2.00. The monoisotopic (exact) mass is 392 g/mol. The number of benzene rings is 1. The maximum Gasteiger partial charge on any atom is 0.289 e. The Morgan fingerprint density at radius 1 is 1.07 bits per heavy atom. The van der Waals surface area contributed by atoms with Crippen LogP contribution in [-0.4, -0.2) is 64.7 Å². The molecule has 1 aromatic carbocycles. The van der Waals surface area contributed by atoms with Crippen molar-refractivity contribution in [3.63, 3.8) is 0 Å². The third-order valence-corrected chi connectivity index (χ3v) is 4.90. The third-order valence-electron chi connectivity index (χ3n) is 4.90. The van der Waals surface area contributed by atoms with Gasteiger partial charge in [-0.3, -0.25) is 9.79 Å². The molecule has 0 radical (unpaired) electrons. The SMILES string of the molecule is CN=C(NCc1ccn(-c2ccccc2)n1)N1CCN(C(=O)c2ccco2)CC1. The smallest absolute Gasteiger partial charge is 0.289 e. The van der Waals surface area contributed by atoms with Gasteiger partial charge in [0.05, 0.1) is 24.2 Å². The summed E-state index contributed by atoms with van der Waals surface area (Å²) >= 11 is 0. The van der Waals surface area contributed by atoms with Crippen LogP contribution in [0.5, 0.6) is 0 Å². The lowest BCUT2D eigenvalue weighted by Crippen LogP contribution is -2.53. The Labute approximate surface area is 169 Å². The number of carbonyl (C=O) groups excluding carboxylic acids is 1. The van der Waals surface area contributed by atoms with Crippen LogP contribution in [0.1, 0.15) is 16.2 Å². The van der Waals surface area contributed by atoms with E-state index in [1.54, 1.807) is 19.2 Å². The van der Waals surface area contributed by atoms with Crippen molar-refractivity contribution in [1.82, 2.24) is 24.9 Å². The Bertz CT molecular complexity index is 956. The van der Waals surface area contributed by atoms with Crippen LogP contribution in [0, 0.1) is 0 Å². The van der Waals surface area contributed by atoms with Gasteiger partial charge in [0.25, 0.3) is 5.91 Å². The maximum absolute atomic E-state index is 12.4. The Balaban J connectivity index is 1.30. The van der Waals surface area contributed by atoms with E-state index in [4.69, 9.17) is 4.42 Å². The van der Waals surface area contributed by atoms with Crippen molar-refractivity contribution in [2.24, 2.45) is 4.99 Å². The van der Waals surface area contributed by atoms with Gasteiger partial charge in [-0.15, -0.1) is 0 Å². The second kappa shape index (κ2) is 8.64. The summed E-state index contributed by atoms with van der Waals surface area (Å²) in [4.78, 5) is 20.7. The highest BCUT2D eigenvalue weighted by atomic mass is 16.3. The van der Waals surface area contributed by atoms with Gasteiger partial charge in [-0.1, -0.05) is 18.2 Å². The summed E-state index contributed by atoms with van der Waals surface area (Å²) in [5.41, 5.74) is 1.96. The quantitative estimate of drug-likeness (QED) is 0.543. The standard InChI is InChI=1S/C21H24N6O2/c1-22-21(23-16-17-9-10-27(24-17)18-6-3-2-4-7-18)26-13-11-25(12-14-26)20(28)19-8-5-15-29-19/h2-10,15H,11-14,16H2,1H3,(H,22,23). The zero-order valence-electron chi connectivity index (χ0n) is 16.4. The van der Waals surface area contributed by atoms with Crippen LogP contribution in [0.15, 0.2) is 70.4 Å². The molecule has 1 aliphatic heterocycles. The van der Waals surface area contributed by atoms with E-state index in [2.05, 4.69) is 20.3 Å². The van der Waals surface area contributed by atoms with E-state index < -0.39 is 0 Å². The Kier molecular flexibility index (Phi) is 5.60. The molecule has 8 nitrogen and oxygen atoms in total. The van der Waals surface area contributed by atoms with Crippen LogP contribution in [0.25, 0.3) is 5.69 Å². The van der Waals surface area contributed by atoms with Crippen molar-refractivity contribution in [2.45, 2.75) is 6.54 Å². The molecular weight excluding hydrogens is 368 g/mol. The molecule has 0 spiro atoms. The first kappa shape index (κ1) is 18.8. The summed E-state index contributed by atoms with van der Waals surface area (Å²) < 4.78 is 7.08. The van der Waals surface area contributed by atoms with E-state index in [0.29, 0.717) is 38.5 Å². The molecule has 0 saturated carbocycles. The minimum atomic E-state index is -0.0657. The number of rotatable bonds is 4. The number of guanidine groups is 1. The topological polar surface area (TPSA) is 78.9 Å². The molecule has 29 heavy (non-hydrogen) atoms. The number of piperazine rings is 1. The molecule has 1 saturated heterocycles. The van der Waals surface area contributed by atoms with Gasteiger partial charge in [0.15, 0.2) is 11.7 Å². The molecule has 1 aliphatic rings. The van der Waals surface area contributed by atoms with E-state index >= 15 is 0 Å². The number of nitrogens with one attached hydrogen (secondary N) is 1. The fraction of sp³-hybridized carbons (Fsp3) is 0.286. The summed E-state index contributed by atoms with van der Waals surface area (Å²) in [6.07, 6.45) is 3.47. The second-order valence-corrected chi connectivity index (χ2v) is 6.74. The first-order chi connectivity index (χ1) is 14.2. The zero-order valence-corrected chi connectivity index (χ0v) is 16.4. The number of aliphatic imine (C=N–C) groups is 1. The third kappa shape index (κ3) is 4.31. The van der Waals surface area contributed by atoms with Crippen molar-refractivity contribution in [1.29, 1.82) is 0 Å². The van der Waals surface area contributed by atoms with Crippen LogP contribution in [0.4, 0.5) is 0 Å². The van der Waals surface area contributed by atoms with Gasteiger partial charge in [-0.05, 0) is 30.3 Å². The van der Waals surface area contributed by atoms with Crippen LogP contribution in [0.3, 0.4) is 0 Å². The van der Waals surface area contributed by atoms with Crippen LogP contribution in [-0.2, 0) is 6.54 Å². The van der Waals surface area contributed by atoms with Crippen molar-refractivity contribution in [3.8, 4) is 5.69 Å². The van der Waals surface area contributed by atoms with Gasteiger partial charge in [0.2, 0.25) is 0 Å². The van der Waals surface area contributed by atoms with Gasteiger partial charge in [-0.2, -0.15) is 5.10 Å². The first-order valence-corrected chi connectivity index (χ1v) is 9.63. The minimum Gasteiger partial charge on any atom is -0.459 e. The van der Waals surface area contributed by atoms with E-state index in [1.165, 1.54) is 6.26 Å². The van der Waals surface area contributed by atoms with Gasteiger partial charge in [-0.25, -0.2) is 4.68 Å². The number of hydrogen-bond acceptors (Lipinski definition) is 4. The highest BCUT2D eigenvalue weighted by Gasteiger charge is 2.25. The molecule has 150 valence electrons. The normalized spacial score (nSPS) is 14.9. The fourth-order valence-electron chi connectivity index (χ4n) is 3.36. The lowest BCUT2D eigenvalue weighted by atomic mass is 10.3. The zero-order chi connectivity index (χ0) is 20.1. The van der Waals surface area contributed by atoms with E-state index in [0.717, 1.165) is 17.3 Å².